The van der Waals surface area contributed by atoms with Gasteiger partial charge in [-0.05, 0) is 43.2 Å². The highest BCUT2D eigenvalue weighted by Gasteiger charge is 2.23. The first-order chi connectivity index (χ1) is 14.8. The van der Waals surface area contributed by atoms with Gasteiger partial charge in [-0.3, -0.25) is 4.79 Å². The number of ketones is 1. The van der Waals surface area contributed by atoms with Gasteiger partial charge >= 0.3 is 5.97 Å². The van der Waals surface area contributed by atoms with E-state index >= 15 is 0 Å². The van der Waals surface area contributed by atoms with E-state index in [0.717, 1.165) is 5.56 Å². The van der Waals surface area contributed by atoms with Crippen molar-refractivity contribution in [3.63, 3.8) is 0 Å². The normalized spacial score (nSPS) is 12.2. The van der Waals surface area contributed by atoms with Gasteiger partial charge in [-0.2, -0.15) is 0 Å². The van der Waals surface area contributed by atoms with Crippen molar-refractivity contribution in [1.82, 2.24) is 0 Å². The lowest BCUT2D eigenvalue weighted by Crippen LogP contribution is -2.26. The molecule has 0 aliphatic carbocycles. The van der Waals surface area contributed by atoms with Gasteiger partial charge in [0.2, 0.25) is 5.78 Å². The summed E-state index contributed by atoms with van der Waals surface area (Å²) >= 11 is 0. The number of ether oxygens (including phenoxy) is 1. The third kappa shape index (κ3) is 5.67. The van der Waals surface area contributed by atoms with Gasteiger partial charge in [0, 0.05) is 5.56 Å². The van der Waals surface area contributed by atoms with Gasteiger partial charge in [-0.25, -0.2) is 13.2 Å². The van der Waals surface area contributed by atoms with Gasteiger partial charge in [0.15, 0.2) is 15.9 Å². The van der Waals surface area contributed by atoms with E-state index in [1.165, 1.54) is 12.1 Å². The average molecular weight is 437 g/mol. The van der Waals surface area contributed by atoms with Crippen molar-refractivity contribution < 1.29 is 22.7 Å². The summed E-state index contributed by atoms with van der Waals surface area (Å²) in [5.41, 5.74) is 2.29. The molecule has 0 unspecified atom stereocenters. The first-order valence-electron chi connectivity index (χ1n) is 9.99. The maximum atomic E-state index is 12.6. The fraction of sp³-hybridized carbons (Fsp3) is 0.200. The Bertz CT molecular complexity index is 1150. The second kappa shape index (κ2) is 9.71. The highest BCUT2D eigenvalue weighted by atomic mass is 32.2. The van der Waals surface area contributed by atoms with Crippen LogP contribution in [0.25, 0.3) is 0 Å². The first kappa shape index (κ1) is 22.4. The summed E-state index contributed by atoms with van der Waals surface area (Å²) in [6, 6.07) is 21.6. The molecular weight excluding hydrogens is 412 g/mol. The molecule has 0 bridgehead atoms. The summed E-state index contributed by atoms with van der Waals surface area (Å²) in [6.45, 7) is 3.67. The summed E-state index contributed by atoms with van der Waals surface area (Å²) in [7, 11) is -3.49. The van der Waals surface area contributed by atoms with Crippen LogP contribution in [-0.2, 0) is 20.3 Å². The van der Waals surface area contributed by atoms with Crippen LogP contribution >= 0.6 is 0 Å². The van der Waals surface area contributed by atoms with Crippen LogP contribution < -0.4 is 0 Å². The zero-order valence-electron chi connectivity index (χ0n) is 17.4. The lowest BCUT2D eigenvalue weighted by atomic mass is 10.0. The van der Waals surface area contributed by atoms with Crippen molar-refractivity contribution in [3.05, 3.63) is 101 Å². The molecule has 0 saturated carbocycles. The van der Waals surface area contributed by atoms with Crippen molar-refractivity contribution in [2.75, 3.05) is 0 Å². The molecule has 0 spiro atoms. The van der Waals surface area contributed by atoms with Gasteiger partial charge < -0.3 is 4.74 Å². The molecule has 0 heterocycles. The van der Waals surface area contributed by atoms with Crippen LogP contribution in [0, 0.1) is 6.92 Å². The molecule has 3 rings (SSSR count). The molecule has 0 aliphatic heterocycles. The Labute approximate surface area is 182 Å². The van der Waals surface area contributed by atoms with Gasteiger partial charge in [-0.15, -0.1) is 0 Å². The molecule has 5 nitrogen and oxygen atoms in total. The van der Waals surface area contributed by atoms with Crippen LogP contribution in [0.5, 0.6) is 0 Å². The Balaban J connectivity index is 1.68. The van der Waals surface area contributed by atoms with E-state index in [0.29, 0.717) is 17.5 Å². The number of hydrogen-bond acceptors (Lipinski definition) is 5. The van der Waals surface area contributed by atoms with Crippen molar-refractivity contribution >= 4 is 21.6 Å². The quantitative estimate of drug-likeness (QED) is 0.375. The van der Waals surface area contributed by atoms with E-state index < -0.39 is 21.9 Å². The molecule has 0 radical (unpaired) electrons. The average Bonchev–Trinajstić information content (AvgIpc) is 2.78. The van der Waals surface area contributed by atoms with Crippen LogP contribution in [0.4, 0.5) is 0 Å². The number of rotatable bonds is 8. The third-order valence-corrected chi connectivity index (χ3v) is 6.60. The van der Waals surface area contributed by atoms with Gasteiger partial charge in [0.1, 0.15) is 0 Å². The largest absolute Gasteiger partial charge is 0.450 e. The summed E-state index contributed by atoms with van der Waals surface area (Å²) in [6.07, 6.45) is -0.525. The van der Waals surface area contributed by atoms with Gasteiger partial charge in [0.05, 0.1) is 16.2 Å². The minimum Gasteiger partial charge on any atom is -0.450 e. The highest BCUT2D eigenvalue weighted by Crippen LogP contribution is 2.18. The molecule has 160 valence electrons. The van der Waals surface area contributed by atoms with E-state index in [1.807, 2.05) is 13.0 Å². The summed E-state index contributed by atoms with van der Waals surface area (Å²) in [5, 5.41) is 0. The van der Waals surface area contributed by atoms with Crippen LogP contribution in [0.15, 0.2) is 83.8 Å². The summed E-state index contributed by atoms with van der Waals surface area (Å²) < 4.78 is 30.6. The minimum absolute atomic E-state index is 0.171. The molecule has 0 aliphatic rings. The van der Waals surface area contributed by atoms with Crippen LogP contribution in [-0.4, -0.2) is 26.3 Å². The molecule has 1 atom stereocenters. The second-order valence-electron chi connectivity index (χ2n) is 7.30. The van der Waals surface area contributed by atoms with Crippen LogP contribution in [0.2, 0.25) is 0 Å². The predicted octanol–water partition coefficient (Wildman–Crippen LogP) is 4.79. The lowest BCUT2D eigenvalue weighted by Gasteiger charge is -2.15. The Morgan fingerprint density at radius 3 is 2.03 bits per heavy atom. The smallest absolute Gasteiger partial charge is 0.338 e. The summed E-state index contributed by atoms with van der Waals surface area (Å²) in [4.78, 5) is 25.3. The molecule has 0 N–H and O–H groups in total. The first-order valence-corrected chi connectivity index (χ1v) is 11.6. The van der Waals surface area contributed by atoms with E-state index in [1.54, 1.807) is 67.6 Å². The standard InChI is InChI=1S/C25H24O5S/c1-3-23(24(26)20-7-5-4-6-8-20)30-25(27)21-13-11-19(12-14-21)17-31(28,29)22-15-9-18(2)10-16-22/h4-16,23H,3,17H2,1-2H3/t23-/m1/s1. The van der Waals surface area contributed by atoms with Crippen molar-refractivity contribution in [2.24, 2.45) is 0 Å². The van der Waals surface area contributed by atoms with Crippen LogP contribution in [0.3, 0.4) is 0 Å². The molecule has 31 heavy (non-hydrogen) atoms. The fourth-order valence-electron chi connectivity index (χ4n) is 3.09. The Hall–Kier alpha value is -3.25. The number of carbonyl (C=O) groups excluding carboxylic acids is 2. The number of carbonyl (C=O) groups is 2. The molecule has 3 aromatic carbocycles. The zero-order valence-corrected chi connectivity index (χ0v) is 18.3. The van der Waals surface area contributed by atoms with E-state index in [-0.39, 0.29) is 22.0 Å². The molecule has 0 fully saturated rings. The SMILES string of the molecule is CC[C@@H](OC(=O)c1ccc(CS(=O)(=O)c2ccc(C)cc2)cc1)C(=O)c1ccccc1. The number of benzene rings is 3. The lowest BCUT2D eigenvalue weighted by molar-refractivity contribution is 0.0277. The predicted molar refractivity (Wildman–Crippen MR) is 119 cm³/mol. The Morgan fingerprint density at radius 2 is 1.45 bits per heavy atom. The topological polar surface area (TPSA) is 77.5 Å². The second-order valence-corrected chi connectivity index (χ2v) is 9.29. The maximum absolute atomic E-state index is 12.6. The van der Waals surface area contributed by atoms with E-state index in [4.69, 9.17) is 4.74 Å². The number of esters is 1. The molecule has 0 saturated heterocycles. The van der Waals surface area contributed by atoms with Crippen molar-refractivity contribution in [2.45, 2.75) is 37.0 Å². The molecule has 6 heteroatoms. The third-order valence-electron chi connectivity index (χ3n) is 4.90. The molecule has 0 amide bonds. The fourth-order valence-corrected chi connectivity index (χ4v) is 4.44. The molecule has 0 aromatic heterocycles. The molecular formula is C25H24O5S. The number of Topliss-reactive ketones (excluding diaryl/α,β-unsaturated/α-hetero) is 1. The monoisotopic (exact) mass is 436 g/mol. The highest BCUT2D eigenvalue weighted by molar-refractivity contribution is 7.90. The van der Waals surface area contributed by atoms with Crippen molar-refractivity contribution in [3.8, 4) is 0 Å². The van der Waals surface area contributed by atoms with E-state index in [9.17, 15) is 18.0 Å². The zero-order chi connectivity index (χ0) is 22.4. The Kier molecular flexibility index (Phi) is 7.02. The van der Waals surface area contributed by atoms with Gasteiger partial charge in [-0.1, -0.05) is 67.1 Å². The van der Waals surface area contributed by atoms with Crippen LogP contribution in [0.1, 0.15) is 45.2 Å². The summed E-state index contributed by atoms with van der Waals surface area (Å²) in [5.74, 6) is -1.04. The minimum atomic E-state index is -3.49. The number of sulfone groups is 1. The van der Waals surface area contributed by atoms with Gasteiger partial charge in [0.25, 0.3) is 0 Å². The maximum Gasteiger partial charge on any atom is 0.338 e. The number of hydrogen-bond donors (Lipinski definition) is 0. The molecule has 3 aromatic rings. The Morgan fingerprint density at radius 1 is 0.839 bits per heavy atom. The number of aryl methyl sites for hydroxylation is 1. The van der Waals surface area contributed by atoms with E-state index in [2.05, 4.69) is 0 Å². The van der Waals surface area contributed by atoms with Crippen molar-refractivity contribution in [1.29, 1.82) is 0 Å².